The lowest BCUT2D eigenvalue weighted by atomic mass is 10.1. The van der Waals surface area contributed by atoms with Gasteiger partial charge >= 0.3 is 5.82 Å². The third kappa shape index (κ3) is 1.93. The number of benzene rings is 1. The molecule has 5 heteroatoms. The van der Waals surface area contributed by atoms with E-state index in [1.807, 2.05) is 37.3 Å². The van der Waals surface area contributed by atoms with Crippen molar-refractivity contribution in [2.24, 2.45) is 0 Å². The van der Waals surface area contributed by atoms with Crippen LogP contribution in [0.3, 0.4) is 0 Å². The molecule has 0 spiro atoms. The quantitative estimate of drug-likeness (QED) is 0.585. The minimum atomic E-state index is -0.492. The van der Waals surface area contributed by atoms with Gasteiger partial charge in [0.15, 0.2) is 0 Å². The predicted octanol–water partition coefficient (Wildman–Crippen LogP) is 2.40. The van der Waals surface area contributed by atoms with Crippen LogP contribution < -0.4 is 0 Å². The van der Waals surface area contributed by atoms with Crippen LogP contribution in [0.1, 0.15) is 18.5 Å². The predicted molar refractivity (Wildman–Crippen MR) is 59.1 cm³/mol. The van der Waals surface area contributed by atoms with Gasteiger partial charge in [0, 0.05) is 0 Å². The largest absolute Gasteiger partial charge is 0.389 e. The van der Waals surface area contributed by atoms with Crippen LogP contribution in [0.25, 0.3) is 0 Å². The molecule has 1 aromatic heterocycles. The second kappa shape index (κ2) is 4.14. The second-order valence-electron chi connectivity index (χ2n) is 3.50. The Morgan fingerprint density at radius 1 is 1.31 bits per heavy atom. The van der Waals surface area contributed by atoms with E-state index >= 15 is 0 Å². The van der Waals surface area contributed by atoms with Crippen molar-refractivity contribution < 1.29 is 4.92 Å². The van der Waals surface area contributed by atoms with Gasteiger partial charge in [-0.2, -0.15) is 4.68 Å². The van der Waals surface area contributed by atoms with Crippen molar-refractivity contribution in [3.8, 4) is 0 Å². The topological polar surface area (TPSA) is 61.0 Å². The summed E-state index contributed by atoms with van der Waals surface area (Å²) in [4.78, 5) is 10.0. The molecule has 0 fully saturated rings. The molecule has 0 N–H and O–H groups in total. The van der Waals surface area contributed by atoms with E-state index < -0.39 is 4.92 Å². The molecule has 0 saturated carbocycles. The summed E-state index contributed by atoms with van der Waals surface area (Å²) in [7, 11) is 0. The van der Waals surface area contributed by atoms with Gasteiger partial charge < -0.3 is 10.1 Å². The average molecular weight is 217 g/mol. The number of hydrogen-bond acceptors (Lipinski definition) is 3. The van der Waals surface area contributed by atoms with E-state index in [2.05, 4.69) is 5.10 Å². The Bertz CT molecular complexity index is 493. The van der Waals surface area contributed by atoms with Crippen molar-refractivity contribution in [3.05, 3.63) is 58.3 Å². The van der Waals surface area contributed by atoms with E-state index in [-0.39, 0.29) is 11.9 Å². The average Bonchev–Trinajstić information content (AvgIpc) is 2.78. The van der Waals surface area contributed by atoms with Crippen LogP contribution in [-0.4, -0.2) is 14.7 Å². The summed E-state index contributed by atoms with van der Waals surface area (Å²) < 4.78 is 1.59. The summed E-state index contributed by atoms with van der Waals surface area (Å²) in [5.41, 5.74) is 1.07. The minimum absolute atomic E-state index is 0.00472. The van der Waals surface area contributed by atoms with E-state index in [0.29, 0.717) is 0 Å². The Balaban J connectivity index is 2.27. The van der Waals surface area contributed by atoms with E-state index in [1.54, 1.807) is 10.9 Å². The SMILES string of the molecule is C[C@@H](c1ccccc1)n1ccc([N+](=O)[O-])n1. The molecule has 0 bridgehead atoms. The molecule has 2 rings (SSSR count). The fourth-order valence-electron chi connectivity index (χ4n) is 1.53. The second-order valence-corrected chi connectivity index (χ2v) is 3.50. The number of rotatable bonds is 3. The molecule has 0 saturated heterocycles. The van der Waals surface area contributed by atoms with Crippen molar-refractivity contribution in [1.29, 1.82) is 0 Å². The first kappa shape index (κ1) is 10.4. The zero-order valence-electron chi connectivity index (χ0n) is 8.78. The van der Waals surface area contributed by atoms with Gasteiger partial charge in [-0.05, 0) is 17.4 Å². The monoisotopic (exact) mass is 217 g/mol. The minimum Gasteiger partial charge on any atom is -0.358 e. The van der Waals surface area contributed by atoms with Gasteiger partial charge in [0.2, 0.25) is 0 Å². The van der Waals surface area contributed by atoms with Crippen LogP contribution in [0.2, 0.25) is 0 Å². The summed E-state index contributed by atoms with van der Waals surface area (Å²) in [5.74, 6) is -0.122. The molecular formula is C11H11N3O2. The molecule has 0 aliphatic carbocycles. The Kier molecular flexibility index (Phi) is 2.68. The van der Waals surface area contributed by atoms with E-state index in [4.69, 9.17) is 0 Å². The molecule has 2 aromatic rings. The first-order chi connectivity index (χ1) is 7.68. The Morgan fingerprint density at radius 2 is 2.00 bits per heavy atom. The Hall–Kier alpha value is -2.17. The number of nitrogens with zero attached hydrogens (tertiary/aromatic N) is 3. The summed E-state index contributed by atoms with van der Waals surface area (Å²) in [6.45, 7) is 1.95. The fourth-order valence-corrected chi connectivity index (χ4v) is 1.53. The van der Waals surface area contributed by atoms with E-state index in [1.165, 1.54) is 6.07 Å². The van der Waals surface area contributed by atoms with Gasteiger partial charge in [-0.25, -0.2) is 0 Å². The molecule has 1 atom stereocenters. The molecule has 1 aromatic carbocycles. The van der Waals surface area contributed by atoms with Crippen LogP contribution in [-0.2, 0) is 0 Å². The third-order valence-corrected chi connectivity index (χ3v) is 2.46. The van der Waals surface area contributed by atoms with Crippen molar-refractivity contribution >= 4 is 5.82 Å². The first-order valence-corrected chi connectivity index (χ1v) is 4.93. The maximum atomic E-state index is 10.5. The fraction of sp³-hybridized carbons (Fsp3) is 0.182. The number of nitro groups is 1. The van der Waals surface area contributed by atoms with Gasteiger partial charge in [-0.1, -0.05) is 30.3 Å². The van der Waals surface area contributed by atoms with Crippen LogP contribution >= 0.6 is 0 Å². The summed E-state index contributed by atoms with van der Waals surface area (Å²) in [5, 5.41) is 14.4. The molecule has 5 nitrogen and oxygen atoms in total. The third-order valence-electron chi connectivity index (χ3n) is 2.46. The molecule has 0 unspecified atom stereocenters. The lowest BCUT2D eigenvalue weighted by Gasteiger charge is -2.08. The van der Waals surface area contributed by atoms with Crippen LogP contribution in [0.4, 0.5) is 5.82 Å². The summed E-state index contributed by atoms with van der Waals surface area (Å²) in [6, 6.07) is 11.1. The Morgan fingerprint density at radius 3 is 2.56 bits per heavy atom. The van der Waals surface area contributed by atoms with Gasteiger partial charge in [0.25, 0.3) is 0 Å². The highest BCUT2D eigenvalue weighted by Crippen LogP contribution is 2.18. The highest BCUT2D eigenvalue weighted by Gasteiger charge is 2.16. The molecule has 0 aliphatic heterocycles. The highest BCUT2D eigenvalue weighted by atomic mass is 16.6. The molecule has 16 heavy (non-hydrogen) atoms. The molecule has 82 valence electrons. The number of hydrogen-bond donors (Lipinski definition) is 0. The summed E-state index contributed by atoms with van der Waals surface area (Å²) >= 11 is 0. The molecule has 0 amide bonds. The lowest BCUT2D eigenvalue weighted by molar-refractivity contribution is -0.389. The van der Waals surface area contributed by atoms with Gasteiger partial charge in [0.05, 0.1) is 23.4 Å². The van der Waals surface area contributed by atoms with Crippen molar-refractivity contribution in [2.45, 2.75) is 13.0 Å². The zero-order valence-corrected chi connectivity index (χ0v) is 8.78. The van der Waals surface area contributed by atoms with E-state index in [0.717, 1.165) is 5.56 Å². The lowest BCUT2D eigenvalue weighted by Crippen LogP contribution is -2.07. The maximum absolute atomic E-state index is 10.5. The van der Waals surface area contributed by atoms with E-state index in [9.17, 15) is 10.1 Å². The normalized spacial score (nSPS) is 12.3. The molecular weight excluding hydrogens is 206 g/mol. The standard InChI is InChI=1S/C11H11N3O2/c1-9(10-5-3-2-4-6-10)13-8-7-11(12-13)14(15)16/h2-9H,1H3/t9-/m0/s1. The smallest absolute Gasteiger partial charge is 0.358 e. The zero-order chi connectivity index (χ0) is 11.5. The van der Waals surface area contributed by atoms with Crippen molar-refractivity contribution in [2.75, 3.05) is 0 Å². The molecule has 1 heterocycles. The Labute approximate surface area is 92.5 Å². The first-order valence-electron chi connectivity index (χ1n) is 4.93. The van der Waals surface area contributed by atoms with Gasteiger partial charge in [-0.3, -0.25) is 0 Å². The molecule has 0 aliphatic rings. The maximum Gasteiger partial charge on any atom is 0.389 e. The summed E-state index contributed by atoms with van der Waals surface area (Å²) in [6.07, 6.45) is 1.62. The highest BCUT2D eigenvalue weighted by molar-refractivity contribution is 5.21. The van der Waals surface area contributed by atoms with Crippen molar-refractivity contribution in [3.63, 3.8) is 0 Å². The van der Waals surface area contributed by atoms with Crippen LogP contribution in [0, 0.1) is 10.1 Å². The van der Waals surface area contributed by atoms with Gasteiger partial charge in [-0.15, -0.1) is 0 Å². The number of aromatic nitrogens is 2. The van der Waals surface area contributed by atoms with Crippen molar-refractivity contribution in [1.82, 2.24) is 9.78 Å². The van der Waals surface area contributed by atoms with Crippen LogP contribution in [0.15, 0.2) is 42.6 Å². The molecule has 0 radical (unpaired) electrons. The van der Waals surface area contributed by atoms with Gasteiger partial charge in [0.1, 0.15) is 0 Å². The van der Waals surface area contributed by atoms with Crippen LogP contribution in [0.5, 0.6) is 0 Å².